The Morgan fingerprint density at radius 2 is 1.57 bits per heavy atom. The Balaban J connectivity index is 2.30. The molecule has 2 aromatic rings. The average molecular weight is 291 g/mol. The van der Waals surface area contributed by atoms with Gasteiger partial charge in [-0.2, -0.15) is 0 Å². The van der Waals surface area contributed by atoms with Crippen LogP contribution in [0.2, 0.25) is 0 Å². The maximum atomic E-state index is 13.8. The maximum absolute atomic E-state index is 13.8. The number of benzene rings is 1. The molecule has 3 nitrogen and oxygen atoms in total. The van der Waals surface area contributed by atoms with Crippen molar-refractivity contribution in [2.75, 3.05) is 17.2 Å². The molecule has 21 heavy (non-hydrogen) atoms. The number of rotatable bonds is 5. The molecule has 0 amide bonds. The number of pyridine rings is 1. The predicted octanol–water partition coefficient (Wildman–Crippen LogP) is 4.54. The fraction of sp³-hybridized carbons (Fsp3) is 0.312. The van der Waals surface area contributed by atoms with Crippen molar-refractivity contribution in [3.05, 3.63) is 47.0 Å². The van der Waals surface area contributed by atoms with Gasteiger partial charge in [0.25, 0.3) is 0 Å². The molecule has 0 saturated heterocycles. The molecule has 1 aromatic heterocycles. The summed E-state index contributed by atoms with van der Waals surface area (Å²) in [5.41, 5.74) is 2.85. The zero-order chi connectivity index (χ0) is 15.4. The second-order valence-corrected chi connectivity index (χ2v) is 5.08. The largest absolute Gasteiger partial charge is 0.368 e. The fourth-order valence-corrected chi connectivity index (χ4v) is 2.11. The van der Waals surface area contributed by atoms with Crippen molar-refractivity contribution in [1.29, 1.82) is 0 Å². The summed E-state index contributed by atoms with van der Waals surface area (Å²) in [5, 5.41) is 5.75. The van der Waals surface area contributed by atoms with Crippen LogP contribution in [0.3, 0.4) is 0 Å². The van der Waals surface area contributed by atoms with Crippen LogP contribution in [0.25, 0.3) is 0 Å². The van der Waals surface area contributed by atoms with E-state index in [-0.39, 0.29) is 11.6 Å². The van der Waals surface area contributed by atoms with Crippen molar-refractivity contribution < 1.29 is 8.78 Å². The Morgan fingerprint density at radius 1 is 0.952 bits per heavy atom. The highest BCUT2D eigenvalue weighted by Crippen LogP contribution is 2.23. The van der Waals surface area contributed by atoms with Gasteiger partial charge >= 0.3 is 0 Å². The van der Waals surface area contributed by atoms with Gasteiger partial charge in [-0.1, -0.05) is 13.0 Å². The van der Waals surface area contributed by atoms with Gasteiger partial charge in [0.05, 0.1) is 0 Å². The van der Waals surface area contributed by atoms with Crippen molar-refractivity contribution in [2.45, 2.75) is 27.2 Å². The molecule has 2 rings (SSSR count). The third-order valence-electron chi connectivity index (χ3n) is 2.96. The molecule has 112 valence electrons. The van der Waals surface area contributed by atoms with Crippen LogP contribution in [-0.2, 0) is 0 Å². The minimum absolute atomic E-state index is 0.0139. The number of anilines is 3. The summed E-state index contributed by atoms with van der Waals surface area (Å²) < 4.78 is 27.5. The first-order chi connectivity index (χ1) is 9.99. The van der Waals surface area contributed by atoms with E-state index in [2.05, 4.69) is 15.6 Å². The first-order valence-electron chi connectivity index (χ1n) is 6.95. The van der Waals surface area contributed by atoms with Crippen LogP contribution in [0, 0.1) is 25.5 Å². The number of hydrogen-bond donors (Lipinski definition) is 2. The van der Waals surface area contributed by atoms with Gasteiger partial charge in [0.15, 0.2) is 23.3 Å². The number of aryl methyl sites for hydroxylation is 2. The standard InChI is InChI=1S/C16H19F2N3/c1-4-5-19-15-13(17)9-14(18)16(21-15)20-12-7-10(2)6-11(3)8-12/h6-9H,4-5H2,1-3H3,(H2,19,20,21). The molecule has 0 bridgehead atoms. The summed E-state index contributed by atoms with van der Waals surface area (Å²) in [7, 11) is 0. The van der Waals surface area contributed by atoms with Gasteiger partial charge in [0.1, 0.15) is 0 Å². The average Bonchev–Trinajstić information content (AvgIpc) is 2.39. The topological polar surface area (TPSA) is 37.0 Å². The predicted molar refractivity (Wildman–Crippen MR) is 82.1 cm³/mol. The van der Waals surface area contributed by atoms with Crippen LogP contribution >= 0.6 is 0 Å². The summed E-state index contributed by atoms with van der Waals surface area (Å²) in [6.07, 6.45) is 0.832. The van der Waals surface area contributed by atoms with Gasteiger partial charge < -0.3 is 10.6 Å². The molecule has 1 heterocycles. The lowest BCUT2D eigenvalue weighted by atomic mass is 10.1. The van der Waals surface area contributed by atoms with E-state index in [1.165, 1.54) is 0 Å². The van der Waals surface area contributed by atoms with Gasteiger partial charge in [-0.25, -0.2) is 13.8 Å². The van der Waals surface area contributed by atoms with Crippen LogP contribution < -0.4 is 10.6 Å². The van der Waals surface area contributed by atoms with Crippen LogP contribution in [0.15, 0.2) is 24.3 Å². The van der Waals surface area contributed by atoms with Gasteiger partial charge in [0.2, 0.25) is 0 Å². The van der Waals surface area contributed by atoms with Gasteiger partial charge in [-0.05, 0) is 43.5 Å². The van der Waals surface area contributed by atoms with Crippen molar-refractivity contribution in [2.24, 2.45) is 0 Å². The van der Waals surface area contributed by atoms with Crippen molar-refractivity contribution in [1.82, 2.24) is 4.98 Å². The lowest BCUT2D eigenvalue weighted by molar-refractivity contribution is 0.579. The summed E-state index contributed by atoms with van der Waals surface area (Å²) in [5.74, 6) is -1.33. The highest BCUT2D eigenvalue weighted by molar-refractivity contribution is 5.60. The number of halogens is 2. The first-order valence-corrected chi connectivity index (χ1v) is 6.95. The van der Waals surface area contributed by atoms with Crippen LogP contribution in [-0.4, -0.2) is 11.5 Å². The maximum Gasteiger partial charge on any atom is 0.169 e. The minimum atomic E-state index is -0.714. The SMILES string of the molecule is CCCNc1nc(Nc2cc(C)cc(C)c2)c(F)cc1F. The van der Waals surface area contributed by atoms with Crippen molar-refractivity contribution >= 4 is 17.3 Å². The molecular weight excluding hydrogens is 272 g/mol. The lowest BCUT2D eigenvalue weighted by Crippen LogP contribution is -2.07. The zero-order valence-electron chi connectivity index (χ0n) is 12.4. The Morgan fingerprint density at radius 3 is 2.19 bits per heavy atom. The highest BCUT2D eigenvalue weighted by atomic mass is 19.1. The third-order valence-corrected chi connectivity index (χ3v) is 2.96. The van der Waals surface area contributed by atoms with Crippen molar-refractivity contribution in [3.8, 4) is 0 Å². The molecule has 0 unspecified atom stereocenters. The monoisotopic (exact) mass is 291 g/mol. The Hall–Kier alpha value is -2.17. The number of nitrogens with one attached hydrogen (secondary N) is 2. The van der Waals surface area contributed by atoms with Crippen molar-refractivity contribution in [3.63, 3.8) is 0 Å². The number of nitrogens with zero attached hydrogens (tertiary/aromatic N) is 1. The Bertz CT molecular complexity index is 621. The summed E-state index contributed by atoms with van der Waals surface area (Å²) in [6.45, 7) is 6.46. The molecule has 0 aliphatic heterocycles. The fourth-order valence-electron chi connectivity index (χ4n) is 2.11. The van der Waals surface area contributed by atoms with E-state index in [4.69, 9.17) is 0 Å². The van der Waals surface area contributed by atoms with Gasteiger partial charge in [-0.15, -0.1) is 0 Å². The second kappa shape index (κ2) is 6.52. The molecule has 0 aliphatic rings. The first kappa shape index (κ1) is 15.2. The third kappa shape index (κ3) is 3.90. The van der Waals surface area contributed by atoms with Gasteiger partial charge in [0, 0.05) is 18.3 Å². The van der Waals surface area contributed by atoms with Gasteiger partial charge in [-0.3, -0.25) is 0 Å². The minimum Gasteiger partial charge on any atom is -0.368 e. The Labute approximate surface area is 123 Å². The van der Waals surface area contributed by atoms with E-state index in [9.17, 15) is 8.78 Å². The van der Waals surface area contributed by atoms with E-state index in [1.807, 2.05) is 39.0 Å². The quantitative estimate of drug-likeness (QED) is 0.849. The Kier molecular flexibility index (Phi) is 4.73. The van der Waals surface area contributed by atoms with E-state index in [1.54, 1.807) is 0 Å². The van der Waals surface area contributed by atoms with Crippen LogP contribution in [0.5, 0.6) is 0 Å². The molecule has 0 atom stereocenters. The molecule has 1 aromatic carbocycles. The highest BCUT2D eigenvalue weighted by Gasteiger charge is 2.12. The lowest BCUT2D eigenvalue weighted by Gasteiger charge is -2.12. The number of hydrogen-bond acceptors (Lipinski definition) is 3. The molecule has 0 radical (unpaired) electrons. The smallest absolute Gasteiger partial charge is 0.169 e. The number of aromatic nitrogens is 1. The molecular formula is C16H19F2N3. The van der Waals surface area contributed by atoms with E-state index < -0.39 is 11.6 Å². The van der Waals surface area contributed by atoms with E-state index >= 15 is 0 Å². The van der Waals surface area contributed by atoms with Crippen LogP contribution in [0.1, 0.15) is 24.5 Å². The molecule has 0 fully saturated rings. The molecule has 0 spiro atoms. The molecule has 0 saturated carbocycles. The van der Waals surface area contributed by atoms with E-state index in [0.29, 0.717) is 6.54 Å². The second-order valence-electron chi connectivity index (χ2n) is 5.08. The molecule has 0 aliphatic carbocycles. The normalized spacial score (nSPS) is 10.5. The summed E-state index contributed by atoms with van der Waals surface area (Å²) in [4.78, 5) is 3.99. The summed E-state index contributed by atoms with van der Waals surface area (Å²) >= 11 is 0. The molecule has 2 N–H and O–H groups in total. The van der Waals surface area contributed by atoms with Crippen LogP contribution in [0.4, 0.5) is 26.1 Å². The summed E-state index contributed by atoms with van der Waals surface area (Å²) in [6, 6.07) is 6.64. The zero-order valence-corrected chi connectivity index (χ0v) is 12.4. The van der Waals surface area contributed by atoms with E-state index in [0.717, 1.165) is 29.3 Å². The molecule has 5 heteroatoms.